The molecule has 1 saturated heterocycles. The number of aryl methyl sites for hydroxylation is 1. The highest BCUT2D eigenvalue weighted by Gasteiger charge is 2.25. The van der Waals surface area contributed by atoms with Crippen molar-refractivity contribution in [2.75, 3.05) is 26.2 Å². The number of hydrogen-bond acceptors (Lipinski definition) is 3. The van der Waals surface area contributed by atoms with Crippen LogP contribution < -0.4 is 5.73 Å². The Hall–Kier alpha value is -2.66. The van der Waals surface area contributed by atoms with Crippen molar-refractivity contribution in [3.8, 4) is 0 Å². The summed E-state index contributed by atoms with van der Waals surface area (Å²) in [6, 6.07) is 17.4. The van der Waals surface area contributed by atoms with E-state index in [1.807, 2.05) is 71.3 Å². The van der Waals surface area contributed by atoms with Crippen molar-refractivity contribution < 1.29 is 9.59 Å². The van der Waals surface area contributed by atoms with Gasteiger partial charge in [-0.25, -0.2) is 0 Å². The molecular formula is C22H27N3O2. The number of rotatable bonds is 5. The van der Waals surface area contributed by atoms with Crippen molar-refractivity contribution in [1.29, 1.82) is 0 Å². The number of hydrogen-bond donors (Lipinski definition) is 1. The van der Waals surface area contributed by atoms with Crippen LogP contribution in [0.25, 0.3) is 0 Å². The number of piperazine rings is 1. The molecule has 2 amide bonds. The minimum atomic E-state index is -0.292. The Labute approximate surface area is 160 Å². The van der Waals surface area contributed by atoms with E-state index in [-0.39, 0.29) is 17.9 Å². The molecule has 2 aromatic rings. The van der Waals surface area contributed by atoms with Crippen molar-refractivity contribution >= 4 is 11.8 Å². The monoisotopic (exact) mass is 365 g/mol. The number of carbonyl (C=O) groups is 2. The normalized spacial score (nSPS) is 15.5. The molecule has 0 radical (unpaired) electrons. The van der Waals surface area contributed by atoms with Gasteiger partial charge in [0.2, 0.25) is 11.8 Å². The minimum absolute atomic E-state index is 0.0528. The summed E-state index contributed by atoms with van der Waals surface area (Å²) in [7, 11) is 0. The average molecular weight is 365 g/mol. The Balaban J connectivity index is 1.47. The van der Waals surface area contributed by atoms with Crippen molar-refractivity contribution in [1.82, 2.24) is 9.80 Å². The fraction of sp³-hybridized carbons (Fsp3) is 0.364. The molecule has 0 aromatic heterocycles. The highest BCUT2D eigenvalue weighted by molar-refractivity contribution is 5.80. The van der Waals surface area contributed by atoms with Crippen LogP contribution in [0.15, 0.2) is 54.6 Å². The third-order valence-corrected chi connectivity index (χ3v) is 5.08. The van der Waals surface area contributed by atoms with Gasteiger partial charge in [0.05, 0.1) is 6.42 Å². The molecule has 1 fully saturated rings. The maximum Gasteiger partial charge on any atom is 0.227 e. The Bertz CT molecular complexity index is 766. The lowest BCUT2D eigenvalue weighted by Gasteiger charge is -2.35. The molecule has 1 aliphatic heterocycles. The van der Waals surface area contributed by atoms with Gasteiger partial charge in [-0.15, -0.1) is 0 Å². The number of nitrogens with two attached hydrogens (primary N) is 1. The summed E-state index contributed by atoms with van der Waals surface area (Å²) < 4.78 is 0. The Morgan fingerprint density at radius 2 is 1.44 bits per heavy atom. The van der Waals surface area contributed by atoms with Crippen LogP contribution in [-0.2, 0) is 16.0 Å². The summed E-state index contributed by atoms with van der Waals surface area (Å²) in [4.78, 5) is 28.7. The lowest BCUT2D eigenvalue weighted by atomic mass is 10.0. The molecular weight excluding hydrogens is 338 g/mol. The van der Waals surface area contributed by atoms with Crippen molar-refractivity contribution in [3.63, 3.8) is 0 Å². The average Bonchev–Trinajstić information content (AvgIpc) is 2.70. The highest BCUT2D eigenvalue weighted by atomic mass is 16.2. The first-order valence-corrected chi connectivity index (χ1v) is 9.44. The fourth-order valence-electron chi connectivity index (χ4n) is 3.33. The fourth-order valence-corrected chi connectivity index (χ4v) is 3.33. The van der Waals surface area contributed by atoms with Crippen LogP contribution in [0.4, 0.5) is 0 Å². The number of amides is 2. The van der Waals surface area contributed by atoms with Gasteiger partial charge in [0.25, 0.3) is 0 Å². The van der Waals surface area contributed by atoms with Gasteiger partial charge in [-0.1, -0.05) is 60.2 Å². The third-order valence-electron chi connectivity index (χ3n) is 5.08. The summed E-state index contributed by atoms with van der Waals surface area (Å²) in [5.41, 5.74) is 9.35. The number of nitrogens with zero attached hydrogens (tertiary/aromatic N) is 2. The van der Waals surface area contributed by atoms with Gasteiger partial charge in [0.15, 0.2) is 0 Å². The van der Waals surface area contributed by atoms with Crippen LogP contribution >= 0.6 is 0 Å². The van der Waals surface area contributed by atoms with Gasteiger partial charge in [-0.05, 0) is 18.1 Å². The van der Waals surface area contributed by atoms with Crippen LogP contribution in [0.5, 0.6) is 0 Å². The quantitative estimate of drug-likeness (QED) is 0.884. The highest BCUT2D eigenvalue weighted by Crippen LogP contribution is 2.16. The second kappa shape index (κ2) is 8.82. The summed E-state index contributed by atoms with van der Waals surface area (Å²) in [5.74, 6) is 0.170. The minimum Gasteiger partial charge on any atom is -0.339 e. The standard InChI is InChI=1S/C22H27N3O2/c1-17-7-9-18(10-8-17)15-21(26)24-11-13-25(14-12-24)22(27)16-20(23)19-5-3-2-4-6-19/h2-10,20H,11-16,23H2,1H3. The summed E-state index contributed by atoms with van der Waals surface area (Å²) >= 11 is 0. The van der Waals surface area contributed by atoms with Crippen LogP contribution in [0.3, 0.4) is 0 Å². The van der Waals surface area contributed by atoms with E-state index in [1.165, 1.54) is 5.56 Å². The van der Waals surface area contributed by atoms with E-state index in [9.17, 15) is 9.59 Å². The zero-order valence-electron chi connectivity index (χ0n) is 15.8. The smallest absolute Gasteiger partial charge is 0.227 e. The lowest BCUT2D eigenvalue weighted by Crippen LogP contribution is -2.51. The molecule has 1 atom stereocenters. The third kappa shape index (κ3) is 5.17. The molecule has 1 heterocycles. The van der Waals surface area contributed by atoms with E-state index >= 15 is 0 Å². The zero-order chi connectivity index (χ0) is 19.2. The SMILES string of the molecule is Cc1ccc(CC(=O)N2CCN(C(=O)CC(N)c3ccccc3)CC2)cc1. The summed E-state index contributed by atoms with van der Waals surface area (Å²) in [6.45, 7) is 4.33. The van der Waals surface area contributed by atoms with E-state index in [0.717, 1.165) is 11.1 Å². The Morgan fingerprint density at radius 1 is 0.889 bits per heavy atom. The molecule has 5 nitrogen and oxygen atoms in total. The largest absolute Gasteiger partial charge is 0.339 e. The maximum absolute atomic E-state index is 12.5. The van der Waals surface area contributed by atoms with Crippen LogP contribution in [0.1, 0.15) is 29.2 Å². The van der Waals surface area contributed by atoms with Crippen LogP contribution in [0.2, 0.25) is 0 Å². The molecule has 142 valence electrons. The Morgan fingerprint density at radius 3 is 2.04 bits per heavy atom. The first kappa shape index (κ1) is 19.1. The van der Waals surface area contributed by atoms with Gasteiger partial charge in [-0.3, -0.25) is 9.59 Å². The van der Waals surface area contributed by atoms with Gasteiger partial charge < -0.3 is 15.5 Å². The van der Waals surface area contributed by atoms with Crippen molar-refractivity contribution in [2.24, 2.45) is 5.73 Å². The molecule has 0 spiro atoms. The van der Waals surface area contributed by atoms with E-state index in [4.69, 9.17) is 5.73 Å². The molecule has 3 rings (SSSR count). The molecule has 0 saturated carbocycles. The molecule has 5 heteroatoms. The van der Waals surface area contributed by atoms with Gasteiger partial charge in [0, 0.05) is 38.6 Å². The molecule has 1 aliphatic rings. The van der Waals surface area contributed by atoms with Crippen molar-refractivity contribution in [2.45, 2.75) is 25.8 Å². The second-order valence-corrected chi connectivity index (χ2v) is 7.15. The Kier molecular flexibility index (Phi) is 6.24. The molecule has 2 aromatic carbocycles. The predicted octanol–water partition coefficient (Wildman–Crippen LogP) is 2.30. The van der Waals surface area contributed by atoms with E-state index in [0.29, 0.717) is 39.0 Å². The molecule has 0 bridgehead atoms. The zero-order valence-corrected chi connectivity index (χ0v) is 15.8. The first-order chi connectivity index (χ1) is 13.0. The van der Waals surface area contributed by atoms with E-state index in [2.05, 4.69) is 0 Å². The van der Waals surface area contributed by atoms with Gasteiger partial charge >= 0.3 is 0 Å². The van der Waals surface area contributed by atoms with E-state index in [1.54, 1.807) is 0 Å². The van der Waals surface area contributed by atoms with Crippen molar-refractivity contribution in [3.05, 3.63) is 71.3 Å². The number of benzene rings is 2. The molecule has 0 aliphatic carbocycles. The predicted molar refractivity (Wildman–Crippen MR) is 106 cm³/mol. The number of carbonyl (C=O) groups excluding carboxylic acids is 2. The summed E-state index contributed by atoms with van der Waals surface area (Å²) in [5, 5.41) is 0. The van der Waals surface area contributed by atoms with Crippen LogP contribution in [0, 0.1) is 6.92 Å². The molecule has 1 unspecified atom stereocenters. The lowest BCUT2D eigenvalue weighted by molar-refractivity contribution is -0.139. The molecule has 2 N–H and O–H groups in total. The van der Waals surface area contributed by atoms with Gasteiger partial charge in [-0.2, -0.15) is 0 Å². The topological polar surface area (TPSA) is 66.6 Å². The van der Waals surface area contributed by atoms with Crippen LogP contribution in [-0.4, -0.2) is 47.8 Å². The summed E-state index contributed by atoms with van der Waals surface area (Å²) in [6.07, 6.45) is 0.703. The van der Waals surface area contributed by atoms with E-state index < -0.39 is 0 Å². The van der Waals surface area contributed by atoms with Gasteiger partial charge in [0.1, 0.15) is 0 Å². The second-order valence-electron chi connectivity index (χ2n) is 7.15. The first-order valence-electron chi connectivity index (χ1n) is 9.44. The maximum atomic E-state index is 12.5. The molecule has 27 heavy (non-hydrogen) atoms.